The van der Waals surface area contributed by atoms with Crippen LogP contribution in [0.5, 0.6) is 0 Å². The Morgan fingerprint density at radius 1 is 1.25 bits per heavy atom. The Morgan fingerprint density at radius 2 is 1.88 bits per heavy atom. The van der Waals surface area contributed by atoms with Crippen molar-refractivity contribution in [1.82, 2.24) is 8.61 Å². The number of ether oxygens (including phenoxy) is 1. The van der Waals surface area contributed by atoms with E-state index in [1.54, 1.807) is 24.3 Å². The van der Waals surface area contributed by atoms with E-state index in [0.29, 0.717) is 10.7 Å². The van der Waals surface area contributed by atoms with Gasteiger partial charge in [-0.05, 0) is 17.9 Å². The third kappa shape index (κ3) is 3.93. The van der Waals surface area contributed by atoms with E-state index in [0.717, 1.165) is 9.87 Å². The average Bonchev–Trinajstić information content (AvgIpc) is 2.66. The van der Waals surface area contributed by atoms with E-state index in [1.165, 1.54) is 7.05 Å². The highest BCUT2D eigenvalue weighted by molar-refractivity contribution is 7.87. The quantitative estimate of drug-likeness (QED) is 0.716. The van der Waals surface area contributed by atoms with Gasteiger partial charge in [0.25, 0.3) is 5.91 Å². The lowest BCUT2D eigenvalue weighted by molar-refractivity contribution is -0.148. The van der Waals surface area contributed by atoms with Gasteiger partial charge in [0.15, 0.2) is 6.73 Å². The Labute approximate surface area is 142 Å². The minimum atomic E-state index is -3.94. The van der Waals surface area contributed by atoms with Crippen LogP contribution in [0, 0.1) is 5.92 Å². The number of likely N-dealkylation sites (N-methyl/N-ethyl adjacent to an activating group) is 1. The van der Waals surface area contributed by atoms with Crippen LogP contribution < -0.4 is 0 Å². The van der Waals surface area contributed by atoms with Crippen LogP contribution in [0.25, 0.3) is 0 Å². The summed E-state index contributed by atoms with van der Waals surface area (Å²) in [7, 11) is -2.57. The Bertz CT molecular complexity index is 702. The zero-order valence-corrected chi connectivity index (χ0v) is 14.8. The molecule has 0 radical (unpaired) electrons. The van der Waals surface area contributed by atoms with Crippen molar-refractivity contribution in [2.24, 2.45) is 5.92 Å². The second-order valence-electron chi connectivity index (χ2n) is 6.16. The average molecular weight is 354 g/mol. The molecular formula is C16H22N2O5S. The molecule has 1 aliphatic rings. The molecule has 0 aliphatic carbocycles. The van der Waals surface area contributed by atoms with Crippen molar-refractivity contribution in [3.8, 4) is 0 Å². The van der Waals surface area contributed by atoms with Gasteiger partial charge in [-0.15, -0.1) is 0 Å². The van der Waals surface area contributed by atoms with Crippen molar-refractivity contribution in [3.63, 3.8) is 0 Å². The minimum absolute atomic E-state index is 0.0220. The lowest BCUT2D eigenvalue weighted by Crippen LogP contribution is -2.35. The van der Waals surface area contributed by atoms with Crippen LogP contribution in [0.3, 0.4) is 0 Å². The minimum Gasteiger partial charge on any atom is -0.443 e. The van der Waals surface area contributed by atoms with Crippen LogP contribution in [0.1, 0.15) is 25.8 Å². The molecule has 24 heavy (non-hydrogen) atoms. The van der Waals surface area contributed by atoms with E-state index in [4.69, 9.17) is 4.74 Å². The normalized spacial score (nSPS) is 20.6. The number of amides is 1. The van der Waals surface area contributed by atoms with Crippen LogP contribution >= 0.6 is 0 Å². The summed E-state index contributed by atoms with van der Waals surface area (Å²) in [5, 5.41) is 0. The van der Waals surface area contributed by atoms with Crippen molar-refractivity contribution >= 4 is 22.1 Å². The summed E-state index contributed by atoms with van der Waals surface area (Å²) >= 11 is 0. The lowest BCUT2D eigenvalue weighted by Gasteiger charge is -2.16. The fourth-order valence-electron chi connectivity index (χ4n) is 2.52. The van der Waals surface area contributed by atoms with Gasteiger partial charge < -0.3 is 4.74 Å². The number of carbonyl (C=O) groups excluding carboxylic acids is 2. The van der Waals surface area contributed by atoms with E-state index in [9.17, 15) is 18.0 Å². The van der Waals surface area contributed by atoms with Gasteiger partial charge >= 0.3 is 16.2 Å². The third-order valence-electron chi connectivity index (χ3n) is 3.84. The van der Waals surface area contributed by atoms with Crippen molar-refractivity contribution < 1.29 is 22.7 Å². The van der Waals surface area contributed by atoms with Gasteiger partial charge in [0.2, 0.25) is 0 Å². The molecule has 0 aromatic heterocycles. The zero-order valence-electron chi connectivity index (χ0n) is 14.0. The van der Waals surface area contributed by atoms with Crippen LogP contribution in [-0.2, 0) is 31.0 Å². The van der Waals surface area contributed by atoms with Crippen LogP contribution in [0.15, 0.2) is 30.3 Å². The Balaban J connectivity index is 2.01. The monoisotopic (exact) mass is 354 g/mol. The summed E-state index contributed by atoms with van der Waals surface area (Å²) in [5.74, 6) is -0.977. The fraction of sp³-hybridized carbons (Fsp3) is 0.500. The lowest BCUT2D eigenvalue weighted by atomic mass is 10.0. The molecule has 1 saturated heterocycles. The number of esters is 1. The van der Waals surface area contributed by atoms with Gasteiger partial charge in [0.05, 0.1) is 6.42 Å². The first-order valence-corrected chi connectivity index (χ1v) is 9.12. The van der Waals surface area contributed by atoms with Gasteiger partial charge in [0.1, 0.15) is 6.04 Å². The molecule has 1 aromatic carbocycles. The van der Waals surface area contributed by atoms with Gasteiger partial charge in [-0.3, -0.25) is 9.59 Å². The highest BCUT2D eigenvalue weighted by Crippen LogP contribution is 2.26. The zero-order chi connectivity index (χ0) is 17.9. The molecule has 1 amide bonds. The molecule has 1 aromatic rings. The summed E-state index contributed by atoms with van der Waals surface area (Å²) in [4.78, 5) is 24.2. The SMILES string of the molecule is CC(C)C[C@H]1C(=O)N(COC(=O)Cc2ccccc2)S(=O)(=O)N1C. The molecule has 7 nitrogen and oxygen atoms in total. The van der Waals surface area contributed by atoms with Crippen LogP contribution in [0.4, 0.5) is 0 Å². The van der Waals surface area contributed by atoms with E-state index < -0.39 is 34.9 Å². The van der Waals surface area contributed by atoms with Crippen LogP contribution in [-0.4, -0.2) is 48.7 Å². The van der Waals surface area contributed by atoms with E-state index in [1.807, 2.05) is 19.9 Å². The van der Waals surface area contributed by atoms with Gasteiger partial charge in [-0.25, -0.2) is 0 Å². The third-order valence-corrected chi connectivity index (χ3v) is 5.67. The summed E-state index contributed by atoms with van der Waals surface area (Å²) in [6.07, 6.45) is 0.442. The van der Waals surface area contributed by atoms with Crippen molar-refractivity contribution in [1.29, 1.82) is 0 Å². The summed E-state index contributed by atoms with van der Waals surface area (Å²) in [6, 6.07) is 8.21. The Hall–Kier alpha value is -1.93. The molecular weight excluding hydrogens is 332 g/mol. The highest BCUT2D eigenvalue weighted by Gasteiger charge is 2.48. The molecule has 132 valence electrons. The molecule has 0 bridgehead atoms. The van der Waals surface area contributed by atoms with Gasteiger partial charge in [-0.1, -0.05) is 44.2 Å². The smallest absolute Gasteiger partial charge is 0.312 e. The first-order chi connectivity index (χ1) is 11.2. The first-order valence-electron chi connectivity index (χ1n) is 7.72. The molecule has 2 rings (SSSR count). The molecule has 0 spiro atoms. The number of benzene rings is 1. The largest absolute Gasteiger partial charge is 0.443 e. The topological polar surface area (TPSA) is 84.0 Å². The van der Waals surface area contributed by atoms with Crippen molar-refractivity contribution in [2.75, 3.05) is 13.8 Å². The molecule has 8 heteroatoms. The van der Waals surface area contributed by atoms with E-state index >= 15 is 0 Å². The second-order valence-corrected chi connectivity index (χ2v) is 8.08. The summed E-state index contributed by atoms with van der Waals surface area (Å²) < 4.78 is 31.3. The first kappa shape index (κ1) is 18.4. The molecule has 0 saturated carbocycles. The van der Waals surface area contributed by atoms with Crippen molar-refractivity contribution in [3.05, 3.63) is 35.9 Å². The van der Waals surface area contributed by atoms with Gasteiger partial charge in [0, 0.05) is 7.05 Å². The maximum absolute atomic E-state index is 12.4. The van der Waals surface area contributed by atoms with Crippen molar-refractivity contribution in [2.45, 2.75) is 32.7 Å². The molecule has 1 heterocycles. The molecule has 1 atom stereocenters. The fourth-order valence-corrected chi connectivity index (χ4v) is 3.87. The van der Waals surface area contributed by atoms with E-state index in [-0.39, 0.29) is 12.3 Å². The maximum atomic E-state index is 12.4. The summed E-state index contributed by atoms with van der Waals surface area (Å²) in [5.41, 5.74) is 0.757. The Kier molecular flexibility index (Phi) is 5.61. The summed E-state index contributed by atoms with van der Waals surface area (Å²) in [6.45, 7) is 3.23. The molecule has 0 N–H and O–H groups in total. The highest BCUT2D eigenvalue weighted by atomic mass is 32.2. The number of rotatable bonds is 6. The second kappa shape index (κ2) is 7.31. The number of carbonyl (C=O) groups is 2. The Morgan fingerprint density at radius 3 is 2.46 bits per heavy atom. The van der Waals surface area contributed by atoms with Gasteiger partial charge in [-0.2, -0.15) is 17.0 Å². The molecule has 1 aliphatic heterocycles. The predicted octanol–water partition coefficient (Wildman–Crippen LogP) is 1.16. The maximum Gasteiger partial charge on any atom is 0.312 e. The number of nitrogens with zero attached hydrogens (tertiary/aromatic N) is 2. The number of hydrogen-bond acceptors (Lipinski definition) is 5. The molecule has 1 fully saturated rings. The number of hydrogen-bond donors (Lipinski definition) is 0. The molecule has 0 unspecified atom stereocenters. The predicted molar refractivity (Wildman–Crippen MR) is 87.9 cm³/mol. The van der Waals surface area contributed by atoms with Crippen LogP contribution in [0.2, 0.25) is 0 Å². The standard InChI is InChI=1S/C16H22N2O5S/c1-12(2)9-14-16(20)18(24(21,22)17(14)3)11-23-15(19)10-13-7-5-4-6-8-13/h4-8,12,14H,9-11H2,1-3H3/t14-/m0/s1. The van der Waals surface area contributed by atoms with E-state index in [2.05, 4.69) is 0 Å².